The number of rotatable bonds is 6. The third-order valence-electron chi connectivity index (χ3n) is 7.72. The van der Waals surface area contributed by atoms with Gasteiger partial charge in [-0.2, -0.15) is 4.98 Å². The van der Waals surface area contributed by atoms with Crippen molar-refractivity contribution in [2.45, 2.75) is 70.1 Å². The molecule has 2 aromatic heterocycles. The maximum absolute atomic E-state index is 11.7. The van der Waals surface area contributed by atoms with Gasteiger partial charge in [-0.15, -0.1) is 0 Å². The van der Waals surface area contributed by atoms with Gasteiger partial charge in [0.25, 0.3) is 0 Å². The van der Waals surface area contributed by atoms with Gasteiger partial charge in [0.05, 0.1) is 16.8 Å². The van der Waals surface area contributed by atoms with Crippen molar-refractivity contribution in [2.75, 3.05) is 10.6 Å². The van der Waals surface area contributed by atoms with Crippen LogP contribution in [0.3, 0.4) is 0 Å². The molecule has 1 amide bonds. The number of fused-ring (bicyclic) bond motifs is 1. The molecule has 1 aromatic carbocycles. The molecular formula is C26H32Cl2N6O2. The van der Waals surface area contributed by atoms with Gasteiger partial charge in [-0.1, -0.05) is 30.1 Å². The highest BCUT2D eigenvalue weighted by atomic mass is 35.5. The van der Waals surface area contributed by atoms with Gasteiger partial charge < -0.3 is 26.0 Å². The highest BCUT2D eigenvalue weighted by molar-refractivity contribution is 6.36. The molecule has 0 spiro atoms. The van der Waals surface area contributed by atoms with Crippen molar-refractivity contribution < 1.29 is 9.90 Å². The molecular weight excluding hydrogens is 499 g/mol. The van der Waals surface area contributed by atoms with E-state index < -0.39 is 0 Å². The Kier molecular flexibility index (Phi) is 7.28. The average molecular weight is 531 g/mol. The van der Waals surface area contributed by atoms with E-state index in [9.17, 15) is 9.90 Å². The first-order chi connectivity index (χ1) is 17.3. The van der Waals surface area contributed by atoms with Crippen LogP contribution in [0.1, 0.15) is 57.9 Å². The molecule has 2 saturated carbocycles. The SMILES string of the molecule is C[C@@H]1CC[C@@H](Nc2ncc3cc(Nc4ccc(Cl)cc4Cl)n(C4CCC(C(N)=O)CC4)c3n2)C[C@H]1O. The second-order valence-electron chi connectivity index (χ2n) is 10.2. The zero-order valence-corrected chi connectivity index (χ0v) is 21.8. The number of aliphatic hydroxyl groups is 1. The van der Waals surface area contributed by atoms with Crippen molar-refractivity contribution in [3.8, 4) is 0 Å². The number of anilines is 3. The van der Waals surface area contributed by atoms with E-state index in [0.717, 1.165) is 61.1 Å². The van der Waals surface area contributed by atoms with Crippen LogP contribution in [-0.2, 0) is 4.79 Å². The summed E-state index contributed by atoms with van der Waals surface area (Å²) in [7, 11) is 0. The Labute approximate surface area is 220 Å². The van der Waals surface area contributed by atoms with Crippen LogP contribution in [-0.4, -0.2) is 37.7 Å². The number of carbonyl (C=O) groups is 1. The first-order valence-electron chi connectivity index (χ1n) is 12.6. The maximum atomic E-state index is 11.7. The number of carbonyl (C=O) groups excluding carboxylic acids is 1. The smallest absolute Gasteiger partial charge is 0.224 e. The molecule has 36 heavy (non-hydrogen) atoms. The van der Waals surface area contributed by atoms with Crippen LogP contribution in [0.25, 0.3) is 11.0 Å². The number of nitrogens with two attached hydrogens (primary N) is 1. The summed E-state index contributed by atoms with van der Waals surface area (Å²) in [6.45, 7) is 2.09. The topological polar surface area (TPSA) is 118 Å². The summed E-state index contributed by atoms with van der Waals surface area (Å²) in [6.07, 6.45) is 7.26. The largest absolute Gasteiger partial charge is 0.393 e. The van der Waals surface area contributed by atoms with Crippen LogP contribution in [0.5, 0.6) is 0 Å². The molecule has 3 atom stereocenters. The highest BCUT2D eigenvalue weighted by Gasteiger charge is 2.29. The van der Waals surface area contributed by atoms with E-state index in [2.05, 4.69) is 27.1 Å². The summed E-state index contributed by atoms with van der Waals surface area (Å²) in [4.78, 5) is 21.2. The minimum absolute atomic E-state index is 0.0860. The van der Waals surface area contributed by atoms with E-state index >= 15 is 0 Å². The van der Waals surface area contributed by atoms with Gasteiger partial charge in [0.2, 0.25) is 11.9 Å². The Morgan fingerprint density at radius 2 is 1.92 bits per heavy atom. The summed E-state index contributed by atoms with van der Waals surface area (Å²) >= 11 is 12.6. The lowest BCUT2D eigenvalue weighted by Crippen LogP contribution is -2.35. The molecule has 0 bridgehead atoms. The van der Waals surface area contributed by atoms with E-state index in [1.54, 1.807) is 12.1 Å². The summed E-state index contributed by atoms with van der Waals surface area (Å²) < 4.78 is 2.20. The van der Waals surface area contributed by atoms with E-state index in [4.69, 9.17) is 33.9 Å². The maximum Gasteiger partial charge on any atom is 0.224 e. The predicted octanol–water partition coefficient (Wildman–Crippen LogP) is 5.66. The first-order valence-corrected chi connectivity index (χ1v) is 13.4. The van der Waals surface area contributed by atoms with E-state index in [1.807, 2.05) is 18.3 Å². The van der Waals surface area contributed by atoms with Gasteiger partial charge in [-0.05, 0) is 75.1 Å². The molecule has 8 nitrogen and oxygen atoms in total. The van der Waals surface area contributed by atoms with Gasteiger partial charge in [0, 0.05) is 34.6 Å². The molecule has 192 valence electrons. The number of hydrogen-bond donors (Lipinski definition) is 4. The van der Waals surface area contributed by atoms with Gasteiger partial charge in [0.1, 0.15) is 11.5 Å². The Morgan fingerprint density at radius 3 is 2.61 bits per heavy atom. The molecule has 0 radical (unpaired) electrons. The zero-order valence-electron chi connectivity index (χ0n) is 20.3. The van der Waals surface area contributed by atoms with Crippen LogP contribution in [0.15, 0.2) is 30.5 Å². The Morgan fingerprint density at radius 1 is 1.14 bits per heavy atom. The number of primary amides is 1. The van der Waals surface area contributed by atoms with Gasteiger partial charge in [-0.25, -0.2) is 4.98 Å². The molecule has 2 fully saturated rings. The standard InChI is InChI=1S/C26H32Cl2N6O2/c1-14-2-6-18(12-22(14)35)31-26-30-13-16-10-23(32-21-9-5-17(27)11-20(21)28)34(25(16)33-26)19-7-3-15(4-8-19)24(29)36/h5,9-11,13-15,18-19,22,32,35H,2-4,6-8,12H2,1H3,(H2,29,36)(H,30,31,33)/t14-,15?,18-,19?,22-/m1/s1. The van der Waals surface area contributed by atoms with E-state index in [-0.39, 0.29) is 30.0 Å². The summed E-state index contributed by atoms with van der Waals surface area (Å²) in [6, 6.07) is 7.65. The second-order valence-corrected chi connectivity index (χ2v) is 11.1. The molecule has 3 aromatic rings. The lowest BCUT2D eigenvalue weighted by molar-refractivity contribution is -0.122. The monoisotopic (exact) mass is 530 g/mol. The molecule has 10 heteroatoms. The van der Waals surface area contributed by atoms with Crippen LogP contribution < -0.4 is 16.4 Å². The fourth-order valence-electron chi connectivity index (χ4n) is 5.50. The third kappa shape index (κ3) is 5.26. The number of hydrogen-bond acceptors (Lipinski definition) is 6. The Bertz CT molecular complexity index is 1260. The number of benzene rings is 1. The van der Waals surface area contributed by atoms with Gasteiger partial charge >= 0.3 is 0 Å². The molecule has 2 aliphatic rings. The van der Waals surface area contributed by atoms with E-state index in [0.29, 0.717) is 28.3 Å². The zero-order chi connectivity index (χ0) is 25.4. The van der Waals surface area contributed by atoms with E-state index in [1.165, 1.54) is 0 Å². The number of nitrogens with one attached hydrogen (secondary N) is 2. The quantitative estimate of drug-likeness (QED) is 0.326. The fourth-order valence-corrected chi connectivity index (χ4v) is 5.96. The number of amides is 1. The normalized spacial score (nSPS) is 26.6. The molecule has 5 rings (SSSR count). The third-order valence-corrected chi connectivity index (χ3v) is 8.27. The number of nitrogens with zero attached hydrogens (tertiary/aromatic N) is 3. The molecule has 2 heterocycles. The molecule has 0 saturated heterocycles. The second kappa shape index (κ2) is 10.4. The van der Waals surface area contributed by atoms with Crippen molar-refractivity contribution >= 4 is 57.6 Å². The summed E-state index contributed by atoms with van der Waals surface area (Å²) in [5.74, 6) is 1.40. The van der Waals surface area contributed by atoms with Crippen LogP contribution in [0.4, 0.5) is 17.5 Å². The molecule has 0 aliphatic heterocycles. The lowest BCUT2D eigenvalue weighted by atomic mass is 9.85. The van der Waals surface area contributed by atoms with Crippen molar-refractivity contribution in [3.63, 3.8) is 0 Å². The minimum Gasteiger partial charge on any atom is -0.393 e. The minimum atomic E-state index is -0.316. The van der Waals surface area contributed by atoms with Gasteiger partial charge in [-0.3, -0.25) is 4.79 Å². The number of aromatic nitrogens is 3. The summed E-state index contributed by atoms with van der Waals surface area (Å²) in [5, 5.41) is 19.2. The van der Waals surface area contributed by atoms with Crippen molar-refractivity contribution in [1.82, 2.24) is 14.5 Å². The number of halogens is 2. The van der Waals surface area contributed by atoms with Crippen LogP contribution in [0.2, 0.25) is 10.0 Å². The molecule has 5 N–H and O–H groups in total. The van der Waals surface area contributed by atoms with Crippen LogP contribution in [0, 0.1) is 11.8 Å². The first kappa shape index (κ1) is 25.1. The van der Waals surface area contributed by atoms with Crippen molar-refractivity contribution in [2.24, 2.45) is 17.6 Å². The van der Waals surface area contributed by atoms with Crippen LogP contribution >= 0.6 is 23.2 Å². The lowest BCUT2D eigenvalue weighted by Gasteiger charge is -2.31. The Balaban J connectivity index is 1.48. The number of aliphatic hydroxyl groups excluding tert-OH is 1. The Hall–Kier alpha value is -2.55. The summed E-state index contributed by atoms with van der Waals surface area (Å²) in [5.41, 5.74) is 7.14. The van der Waals surface area contributed by atoms with Gasteiger partial charge in [0.15, 0.2) is 0 Å². The van der Waals surface area contributed by atoms with Crippen molar-refractivity contribution in [1.29, 1.82) is 0 Å². The highest BCUT2D eigenvalue weighted by Crippen LogP contribution is 2.39. The average Bonchev–Trinajstić information content (AvgIpc) is 3.20. The predicted molar refractivity (Wildman–Crippen MR) is 144 cm³/mol. The molecule has 0 unspecified atom stereocenters. The van der Waals surface area contributed by atoms with Crippen molar-refractivity contribution in [3.05, 3.63) is 40.5 Å². The molecule has 2 aliphatic carbocycles. The fraction of sp³-hybridized carbons (Fsp3) is 0.500.